The molecule has 0 saturated carbocycles. The van der Waals surface area contributed by atoms with Crippen LogP contribution in [0.3, 0.4) is 0 Å². The minimum atomic E-state index is -0.0263. The fraction of sp³-hybridized carbons (Fsp3) is 0.714. The van der Waals surface area contributed by atoms with Crippen molar-refractivity contribution in [1.82, 2.24) is 10.3 Å². The molecule has 0 aromatic carbocycles. The number of hydrogen-bond donors (Lipinski definition) is 1. The summed E-state index contributed by atoms with van der Waals surface area (Å²) in [6.45, 7) is 7.67. The molecule has 2 heterocycles. The predicted octanol–water partition coefficient (Wildman–Crippen LogP) is 2.15. The minimum absolute atomic E-state index is 0.0263. The molecule has 0 unspecified atom stereocenters. The molecule has 1 aromatic heterocycles. The standard InChI is InChI=1S/C14H22N2O3/c1-9(2)14-16-10(3)12(19-14)7-15-13(17)11-5-4-6-18-8-11/h9,11H,4-8H2,1-3H3,(H,15,17)/t11-/m0/s1. The van der Waals surface area contributed by atoms with Gasteiger partial charge < -0.3 is 14.5 Å². The molecule has 0 spiro atoms. The molecule has 106 valence electrons. The van der Waals surface area contributed by atoms with Crippen LogP contribution in [0.25, 0.3) is 0 Å². The van der Waals surface area contributed by atoms with Gasteiger partial charge in [-0.2, -0.15) is 0 Å². The maximum atomic E-state index is 12.0. The van der Waals surface area contributed by atoms with Crippen molar-refractivity contribution in [3.63, 3.8) is 0 Å². The van der Waals surface area contributed by atoms with Crippen LogP contribution in [-0.4, -0.2) is 24.1 Å². The number of aryl methyl sites for hydroxylation is 1. The van der Waals surface area contributed by atoms with Gasteiger partial charge >= 0.3 is 0 Å². The van der Waals surface area contributed by atoms with Crippen LogP contribution in [0.5, 0.6) is 0 Å². The Bertz CT molecular complexity index is 434. The SMILES string of the molecule is Cc1nc(C(C)C)oc1CNC(=O)[C@H]1CCCOC1. The van der Waals surface area contributed by atoms with Crippen LogP contribution < -0.4 is 5.32 Å². The lowest BCUT2D eigenvalue weighted by molar-refractivity contribution is -0.129. The van der Waals surface area contributed by atoms with Crippen LogP contribution >= 0.6 is 0 Å². The molecule has 5 nitrogen and oxygen atoms in total. The zero-order valence-corrected chi connectivity index (χ0v) is 11.9. The van der Waals surface area contributed by atoms with Gasteiger partial charge in [0.05, 0.1) is 24.8 Å². The number of carbonyl (C=O) groups excluding carboxylic acids is 1. The predicted molar refractivity (Wildman–Crippen MR) is 70.7 cm³/mol. The Balaban J connectivity index is 1.89. The smallest absolute Gasteiger partial charge is 0.225 e. The monoisotopic (exact) mass is 266 g/mol. The molecule has 0 aliphatic carbocycles. The van der Waals surface area contributed by atoms with Crippen LogP contribution in [-0.2, 0) is 16.1 Å². The van der Waals surface area contributed by atoms with E-state index >= 15 is 0 Å². The van der Waals surface area contributed by atoms with Crippen molar-refractivity contribution in [2.24, 2.45) is 5.92 Å². The first-order chi connectivity index (χ1) is 9.08. The highest BCUT2D eigenvalue weighted by Crippen LogP contribution is 2.18. The molecule has 1 aliphatic rings. The first-order valence-electron chi connectivity index (χ1n) is 6.89. The van der Waals surface area contributed by atoms with Gasteiger partial charge in [-0.25, -0.2) is 4.98 Å². The molecule has 1 saturated heterocycles. The number of ether oxygens (including phenoxy) is 1. The Morgan fingerprint density at radius 3 is 2.89 bits per heavy atom. The van der Waals surface area contributed by atoms with Gasteiger partial charge in [-0.05, 0) is 19.8 Å². The van der Waals surface area contributed by atoms with E-state index in [2.05, 4.69) is 10.3 Å². The summed E-state index contributed by atoms with van der Waals surface area (Å²) in [7, 11) is 0. The summed E-state index contributed by atoms with van der Waals surface area (Å²) in [5, 5.41) is 2.91. The lowest BCUT2D eigenvalue weighted by atomic mass is 10.0. The Morgan fingerprint density at radius 2 is 2.32 bits per heavy atom. The lowest BCUT2D eigenvalue weighted by Crippen LogP contribution is -2.35. The van der Waals surface area contributed by atoms with Crippen molar-refractivity contribution < 1.29 is 13.9 Å². The van der Waals surface area contributed by atoms with E-state index < -0.39 is 0 Å². The summed E-state index contributed by atoms with van der Waals surface area (Å²) in [4.78, 5) is 16.3. The molecular formula is C14H22N2O3. The van der Waals surface area contributed by atoms with Crippen molar-refractivity contribution >= 4 is 5.91 Å². The number of nitrogens with one attached hydrogen (secondary N) is 1. The first kappa shape index (κ1) is 14.1. The molecule has 19 heavy (non-hydrogen) atoms. The molecule has 1 fully saturated rings. The van der Waals surface area contributed by atoms with Gasteiger partial charge in [-0.1, -0.05) is 13.8 Å². The Hall–Kier alpha value is -1.36. The quantitative estimate of drug-likeness (QED) is 0.907. The van der Waals surface area contributed by atoms with Gasteiger partial charge in [-0.3, -0.25) is 4.79 Å². The highest BCUT2D eigenvalue weighted by atomic mass is 16.5. The van der Waals surface area contributed by atoms with E-state index in [-0.39, 0.29) is 17.7 Å². The summed E-state index contributed by atoms with van der Waals surface area (Å²) >= 11 is 0. The fourth-order valence-corrected chi connectivity index (χ4v) is 2.12. The van der Waals surface area contributed by atoms with E-state index in [4.69, 9.17) is 9.15 Å². The minimum Gasteiger partial charge on any atom is -0.443 e. The molecule has 1 atom stereocenters. The van der Waals surface area contributed by atoms with E-state index in [1.165, 1.54) is 0 Å². The Kier molecular flexibility index (Phi) is 4.58. The number of aromatic nitrogens is 1. The van der Waals surface area contributed by atoms with Crippen LogP contribution in [0, 0.1) is 12.8 Å². The van der Waals surface area contributed by atoms with E-state index in [1.54, 1.807) is 0 Å². The maximum absolute atomic E-state index is 12.0. The third kappa shape index (κ3) is 3.56. The molecule has 1 N–H and O–H groups in total. The summed E-state index contributed by atoms with van der Waals surface area (Å²) in [5.74, 6) is 1.74. The molecule has 0 bridgehead atoms. The summed E-state index contributed by atoms with van der Waals surface area (Å²) in [6, 6.07) is 0. The van der Waals surface area contributed by atoms with Crippen molar-refractivity contribution in [3.8, 4) is 0 Å². The Morgan fingerprint density at radius 1 is 1.53 bits per heavy atom. The zero-order chi connectivity index (χ0) is 13.8. The highest BCUT2D eigenvalue weighted by molar-refractivity contribution is 5.78. The summed E-state index contributed by atoms with van der Waals surface area (Å²) in [6.07, 6.45) is 1.86. The summed E-state index contributed by atoms with van der Waals surface area (Å²) in [5.41, 5.74) is 0.851. The van der Waals surface area contributed by atoms with Gasteiger partial charge in [0.2, 0.25) is 5.91 Å². The molecule has 1 aliphatic heterocycles. The van der Waals surface area contributed by atoms with Crippen molar-refractivity contribution in [1.29, 1.82) is 0 Å². The summed E-state index contributed by atoms with van der Waals surface area (Å²) < 4.78 is 11.0. The van der Waals surface area contributed by atoms with Gasteiger partial charge in [-0.15, -0.1) is 0 Å². The van der Waals surface area contributed by atoms with Crippen molar-refractivity contribution in [2.45, 2.75) is 46.1 Å². The van der Waals surface area contributed by atoms with Crippen LogP contribution in [0.15, 0.2) is 4.42 Å². The molecule has 5 heteroatoms. The number of amides is 1. The fourth-order valence-electron chi connectivity index (χ4n) is 2.12. The largest absolute Gasteiger partial charge is 0.443 e. The topological polar surface area (TPSA) is 64.4 Å². The molecule has 2 rings (SSSR count). The van der Waals surface area contributed by atoms with Gasteiger partial charge in [0.25, 0.3) is 0 Å². The van der Waals surface area contributed by atoms with Crippen LogP contribution in [0.4, 0.5) is 0 Å². The normalized spacial score (nSPS) is 19.7. The van der Waals surface area contributed by atoms with E-state index in [1.807, 2.05) is 20.8 Å². The second kappa shape index (κ2) is 6.19. The van der Waals surface area contributed by atoms with Gasteiger partial charge in [0.15, 0.2) is 5.89 Å². The number of carbonyl (C=O) groups is 1. The molecule has 1 aromatic rings. The number of rotatable bonds is 4. The number of oxazole rings is 1. The zero-order valence-electron chi connectivity index (χ0n) is 11.9. The maximum Gasteiger partial charge on any atom is 0.225 e. The van der Waals surface area contributed by atoms with E-state index in [9.17, 15) is 4.79 Å². The average molecular weight is 266 g/mol. The average Bonchev–Trinajstić information content (AvgIpc) is 2.79. The van der Waals surface area contributed by atoms with Gasteiger partial charge in [0.1, 0.15) is 5.76 Å². The number of hydrogen-bond acceptors (Lipinski definition) is 4. The Labute approximate surface area is 113 Å². The lowest BCUT2D eigenvalue weighted by Gasteiger charge is -2.20. The van der Waals surface area contributed by atoms with E-state index in [0.717, 1.165) is 36.8 Å². The second-order valence-electron chi connectivity index (χ2n) is 5.35. The molecular weight excluding hydrogens is 244 g/mol. The third-order valence-electron chi connectivity index (χ3n) is 3.36. The molecule has 0 radical (unpaired) electrons. The van der Waals surface area contributed by atoms with Crippen LogP contribution in [0.1, 0.15) is 50.0 Å². The van der Waals surface area contributed by atoms with Crippen molar-refractivity contribution in [2.75, 3.05) is 13.2 Å². The third-order valence-corrected chi connectivity index (χ3v) is 3.36. The second-order valence-corrected chi connectivity index (χ2v) is 5.35. The number of nitrogens with zero attached hydrogens (tertiary/aromatic N) is 1. The highest BCUT2D eigenvalue weighted by Gasteiger charge is 2.22. The van der Waals surface area contributed by atoms with Gasteiger partial charge in [0, 0.05) is 12.5 Å². The van der Waals surface area contributed by atoms with E-state index in [0.29, 0.717) is 13.2 Å². The van der Waals surface area contributed by atoms with Crippen LogP contribution in [0.2, 0.25) is 0 Å². The first-order valence-corrected chi connectivity index (χ1v) is 6.89. The molecule has 1 amide bonds. The van der Waals surface area contributed by atoms with Crippen molar-refractivity contribution in [3.05, 3.63) is 17.3 Å².